The summed E-state index contributed by atoms with van der Waals surface area (Å²) in [6, 6.07) is 15.9. The molecule has 0 saturated heterocycles. The maximum absolute atomic E-state index is 12.0. The molecule has 3 nitrogen and oxygen atoms in total. The molecule has 0 aliphatic heterocycles. The van der Waals surface area contributed by atoms with E-state index in [0.29, 0.717) is 0 Å². The van der Waals surface area contributed by atoms with E-state index in [-0.39, 0.29) is 12.5 Å². The van der Waals surface area contributed by atoms with Crippen molar-refractivity contribution in [2.75, 3.05) is 17.2 Å². The molecule has 0 heterocycles. The van der Waals surface area contributed by atoms with Gasteiger partial charge in [0.2, 0.25) is 5.91 Å². The van der Waals surface area contributed by atoms with Crippen LogP contribution in [0.2, 0.25) is 0 Å². The van der Waals surface area contributed by atoms with E-state index in [9.17, 15) is 4.79 Å². The molecular formula is C17H20N2O. The minimum Gasteiger partial charge on any atom is -0.376 e. The Kier molecular flexibility index (Phi) is 4.77. The van der Waals surface area contributed by atoms with Crippen LogP contribution in [0.3, 0.4) is 0 Å². The number of aryl methyl sites for hydroxylation is 2. The molecule has 0 atom stereocenters. The van der Waals surface area contributed by atoms with Crippen LogP contribution in [0.4, 0.5) is 11.4 Å². The molecule has 0 radical (unpaired) electrons. The van der Waals surface area contributed by atoms with Gasteiger partial charge < -0.3 is 10.6 Å². The number of nitrogens with one attached hydrogen (secondary N) is 2. The third kappa shape index (κ3) is 3.85. The fraction of sp³-hybridized carbons (Fsp3) is 0.235. The van der Waals surface area contributed by atoms with Gasteiger partial charge in [-0.05, 0) is 42.7 Å². The van der Waals surface area contributed by atoms with E-state index in [1.165, 1.54) is 5.56 Å². The van der Waals surface area contributed by atoms with Crippen molar-refractivity contribution in [1.82, 2.24) is 0 Å². The Hall–Kier alpha value is -2.29. The summed E-state index contributed by atoms with van der Waals surface area (Å²) in [5.74, 6) is -0.0348. The van der Waals surface area contributed by atoms with Crippen LogP contribution < -0.4 is 10.6 Å². The number of rotatable bonds is 5. The smallest absolute Gasteiger partial charge is 0.243 e. The summed E-state index contributed by atoms with van der Waals surface area (Å²) in [6.07, 6.45) is 0.905. The number of hydrogen-bond acceptors (Lipinski definition) is 2. The van der Waals surface area contributed by atoms with E-state index in [0.717, 1.165) is 23.4 Å². The van der Waals surface area contributed by atoms with Gasteiger partial charge in [-0.3, -0.25) is 4.79 Å². The van der Waals surface area contributed by atoms with Crippen LogP contribution in [-0.4, -0.2) is 12.5 Å². The number of amides is 1. The van der Waals surface area contributed by atoms with E-state index in [1.54, 1.807) is 0 Å². The average Bonchev–Trinajstić information content (AvgIpc) is 2.46. The van der Waals surface area contributed by atoms with Crippen molar-refractivity contribution in [1.29, 1.82) is 0 Å². The Bertz CT molecular complexity index is 593. The number of benzene rings is 2. The number of anilines is 2. The lowest BCUT2D eigenvalue weighted by molar-refractivity contribution is -0.114. The molecule has 0 spiro atoms. The Labute approximate surface area is 120 Å². The van der Waals surface area contributed by atoms with Gasteiger partial charge in [-0.1, -0.05) is 37.3 Å². The van der Waals surface area contributed by atoms with Crippen LogP contribution in [0.15, 0.2) is 48.5 Å². The highest BCUT2D eigenvalue weighted by atomic mass is 16.1. The van der Waals surface area contributed by atoms with Crippen LogP contribution >= 0.6 is 0 Å². The molecular weight excluding hydrogens is 248 g/mol. The standard InChI is InChI=1S/C17H20N2O/c1-3-14-8-4-5-10-16(14)19-17(20)12-18-15-9-6-7-13(2)11-15/h4-11,18H,3,12H2,1-2H3,(H,19,20). The van der Waals surface area contributed by atoms with Gasteiger partial charge in [0.1, 0.15) is 0 Å². The molecule has 104 valence electrons. The van der Waals surface area contributed by atoms with Crippen molar-refractivity contribution < 1.29 is 4.79 Å². The van der Waals surface area contributed by atoms with Crippen molar-refractivity contribution in [2.24, 2.45) is 0 Å². The molecule has 2 aromatic rings. The minimum absolute atomic E-state index is 0.0348. The highest BCUT2D eigenvalue weighted by Crippen LogP contribution is 2.15. The van der Waals surface area contributed by atoms with Crippen LogP contribution in [0, 0.1) is 6.92 Å². The highest BCUT2D eigenvalue weighted by Gasteiger charge is 2.05. The van der Waals surface area contributed by atoms with Crippen molar-refractivity contribution >= 4 is 17.3 Å². The second-order valence-electron chi connectivity index (χ2n) is 4.78. The van der Waals surface area contributed by atoms with Gasteiger partial charge in [-0.15, -0.1) is 0 Å². The summed E-state index contributed by atoms with van der Waals surface area (Å²) in [4.78, 5) is 12.0. The normalized spacial score (nSPS) is 10.1. The summed E-state index contributed by atoms with van der Waals surface area (Å²) < 4.78 is 0. The molecule has 1 amide bonds. The first-order valence-corrected chi connectivity index (χ1v) is 6.87. The number of carbonyl (C=O) groups is 1. The van der Waals surface area contributed by atoms with Crippen molar-refractivity contribution in [3.63, 3.8) is 0 Å². The summed E-state index contributed by atoms with van der Waals surface area (Å²) in [7, 11) is 0. The molecule has 3 heteroatoms. The quantitative estimate of drug-likeness (QED) is 0.869. The SMILES string of the molecule is CCc1ccccc1NC(=O)CNc1cccc(C)c1. The molecule has 0 aromatic heterocycles. The molecule has 2 aromatic carbocycles. The predicted molar refractivity (Wildman–Crippen MR) is 84.1 cm³/mol. The molecule has 2 rings (SSSR count). The second kappa shape index (κ2) is 6.75. The van der Waals surface area contributed by atoms with Crippen molar-refractivity contribution in [3.8, 4) is 0 Å². The van der Waals surface area contributed by atoms with E-state index in [2.05, 4.69) is 17.6 Å². The van der Waals surface area contributed by atoms with E-state index >= 15 is 0 Å². The Balaban J connectivity index is 1.93. The minimum atomic E-state index is -0.0348. The summed E-state index contributed by atoms with van der Waals surface area (Å²) in [5, 5.41) is 6.08. The average molecular weight is 268 g/mol. The molecule has 0 saturated carbocycles. The number of para-hydroxylation sites is 1. The highest BCUT2D eigenvalue weighted by molar-refractivity contribution is 5.94. The van der Waals surface area contributed by atoms with E-state index in [4.69, 9.17) is 0 Å². The first-order valence-electron chi connectivity index (χ1n) is 6.87. The summed E-state index contributed by atoms with van der Waals surface area (Å²) in [5.41, 5.74) is 4.18. The number of carbonyl (C=O) groups excluding carboxylic acids is 1. The monoisotopic (exact) mass is 268 g/mol. The molecule has 20 heavy (non-hydrogen) atoms. The molecule has 0 bridgehead atoms. The van der Waals surface area contributed by atoms with Crippen LogP contribution in [-0.2, 0) is 11.2 Å². The van der Waals surface area contributed by atoms with Gasteiger partial charge >= 0.3 is 0 Å². The molecule has 0 aliphatic rings. The molecule has 0 unspecified atom stereocenters. The molecule has 0 aliphatic carbocycles. The number of hydrogen-bond donors (Lipinski definition) is 2. The van der Waals surface area contributed by atoms with Crippen molar-refractivity contribution in [3.05, 3.63) is 59.7 Å². The first kappa shape index (κ1) is 14.1. The zero-order valence-corrected chi connectivity index (χ0v) is 11.9. The van der Waals surface area contributed by atoms with E-state index in [1.807, 2.05) is 55.5 Å². The lowest BCUT2D eigenvalue weighted by Gasteiger charge is -2.11. The largest absolute Gasteiger partial charge is 0.376 e. The third-order valence-corrected chi connectivity index (χ3v) is 3.14. The predicted octanol–water partition coefficient (Wildman–Crippen LogP) is 3.61. The summed E-state index contributed by atoms with van der Waals surface area (Å²) >= 11 is 0. The van der Waals surface area contributed by atoms with E-state index < -0.39 is 0 Å². The van der Waals surface area contributed by atoms with Crippen LogP contribution in [0.5, 0.6) is 0 Å². The molecule has 2 N–H and O–H groups in total. The van der Waals surface area contributed by atoms with Gasteiger partial charge in [0.15, 0.2) is 0 Å². The zero-order chi connectivity index (χ0) is 14.4. The summed E-state index contributed by atoms with van der Waals surface area (Å²) in [6.45, 7) is 4.38. The lowest BCUT2D eigenvalue weighted by atomic mass is 10.1. The first-order chi connectivity index (χ1) is 9.69. The second-order valence-corrected chi connectivity index (χ2v) is 4.78. The van der Waals surface area contributed by atoms with Gasteiger partial charge in [0.05, 0.1) is 6.54 Å². The van der Waals surface area contributed by atoms with Gasteiger partial charge in [-0.2, -0.15) is 0 Å². The topological polar surface area (TPSA) is 41.1 Å². The van der Waals surface area contributed by atoms with Gasteiger partial charge in [0.25, 0.3) is 0 Å². The maximum atomic E-state index is 12.0. The van der Waals surface area contributed by atoms with Gasteiger partial charge in [0, 0.05) is 11.4 Å². The van der Waals surface area contributed by atoms with Crippen molar-refractivity contribution in [2.45, 2.75) is 20.3 Å². The molecule has 0 fully saturated rings. The fourth-order valence-corrected chi connectivity index (χ4v) is 2.08. The van der Waals surface area contributed by atoms with Crippen LogP contribution in [0.25, 0.3) is 0 Å². The lowest BCUT2D eigenvalue weighted by Crippen LogP contribution is -2.22. The van der Waals surface area contributed by atoms with Gasteiger partial charge in [-0.25, -0.2) is 0 Å². The van der Waals surface area contributed by atoms with Crippen LogP contribution in [0.1, 0.15) is 18.1 Å². The Morgan fingerprint density at radius 2 is 1.90 bits per heavy atom. The zero-order valence-electron chi connectivity index (χ0n) is 11.9. The fourth-order valence-electron chi connectivity index (χ4n) is 2.08. The Morgan fingerprint density at radius 1 is 1.10 bits per heavy atom. The third-order valence-electron chi connectivity index (χ3n) is 3.14. The maximum Gasteiger partial charge on any atom is 0.243 e. The Morgan fingerprint density at radius 3 is 2.65 bits per heavy atom.